The zero-order valence-electron chi connectivity index (χ0n) is 5.71. The number of amidine groups is 2. The van der Waals surface area contributed by atoms with E-state index in [0.29, 0.717) is 12.5 Å². The molecular weight excluding hydrogens is 244 g/mol. The van der Waals surface area contributed by atoms with Crippen LogP contribution in [0.25, 0.3) is 0 Å². The van der Waals surface area contributed by atoms with Crippen molar-refractivity contribution in [3.05, 3.63) is 0 Å². The second-order valence-electron chi connectivity index (χ2n) is 1.57. The second kappa shape index (κ2) is 5.14. The van der Waals surface area contributed by atoms with Gasteiger partial charge >= 0.3 is 0 Å². The van der Waals surface area contributed by atoms with Crippen molar-refractivity contribution >= 4 is 56.6 Å². The fraction of sp³-hybridized carbons (Fsp3) is 0.500. The van der Waals surface area contributed by atoms with Crippen molar-refractivity contribution in [1.82, 2.24) is 0 Å². The summed E-state index contributed by atoms with van der Waals surface area (Å²) in [7, 11) is 0. The van der Waals surface area contributed by atoms with Crippen LogP contribution in [0.15, 0.2) is 13.8 Å². The van der Waals surface area contributed by atoms with Gasteiger partial charge in [0, 0.05) is 5.88 Å². The van der Waals surface area contributed by atoms with Crippen LogP contribution in [-0.2, 0) is 15.3 Å². The van der Waals surface area contributed by atoms with Gasteiger partial charge in [-0.1, -0.05) is 0 Å². The van der Waals surface area contributed by atoms with Gasteiger partial charge in [-0.05, 0) is 23.2 Å². The van der Waals surface area contributed by atoms with Crippen LogP contribution in [0.1, 0.15) is 0 Å². The molecule has 0 saturated heterocycles. The average molecular weight is 249 g/mol. The molecule has 1 unspecified atom stereocenters. The Morgan fingerprint density at radius 1 is 1.33 bits per heavy atom. The Balaban J connectivity index is 2.61. The Morgan fingerprint density at radius 3 is 2.67 bits per heavy atom. The van der Waals surface area contributed by atoms with E-state index in [2.05, 4.69) is 13.8 Å². The molecule has 0 amide bonds. The predicted molar refractivity (Wildman–Crippen MR) is 53.0 cm³/mol. The molecule has 68 valence electrons. The van der Waals surface area contributed by atoms with E-state index in [4.69, 9.17) is 39.0 Å². The van der Waals surface area contributed by atoms with Gasteiger partial charge in [-0.2, -0.15) is 4.99 Å². The molecule has 0 fully saturated rings. The Hall–Kier alpha value is 0.320. The number of hydrogen-bond donors (Lipinski definition) is 0. The third-order valence-electron chi connectivity index (χ3n) is 0.757. The van der Waals surface area contributed by atoms with E-state index in [-0.39, 0.29) is 10.6 Å². The SMILES string of the molecule is ClCCOS1=NC(Cl)=NC(Cl)=N1. The largest absolute Gasteiger partial charge is 0.287 e. The van der Waals surface area contributed by atoms with E-state index in [1.165, 1.54) is 0 Å². The topological polar surface area (TPSA) is 46.3 Å². The number of hydrogen-bond acceptors (Lipinski definition) is 4. The molecule has 0 bridgehead atoms. The third-order valence-corrected chi connectivity index (χ3v) is 2.49. The van der Waals surface area contributed by atoms with E-state index in [1.807, 2.05) is 0 Å². The summed E-state index contributed by atoms with van der Waals surface area (Å²) in [6.45, 7) is 0.353. The number of rotatable bonds is 3. The summed E-state index contributed by atoms with van der Waals surface area (Å²) in [5.74, 6) is 0.376. The highest BCUT2D eigenvalue weighted by Crippen LogP contribution is 2.08. The monoisotopic (exact) mass is 247 g/mol. The number of alkyl halides is 1. The highest BCUT2D eigenvalue weighted by molar-refractivity contribution is 7.82. The average Bonchev–Trinajstić information content (AvgIpc) is 1.99. The summed E-state index contributed by atoms with van der Waals surface area (Å²) < 4.78 is 12.6. The molecule has 1 atom stereocenters. The van der Waals surface area contributed by atoms with Gasteiger partial charge in [0.2, 0.25) is 10.6 Å². The van der Waals surface area contributed by atoms with E-state index < -0.39 is 11.2 Å². The van der Waals surface area contributed by atoms with Gasteiger partial charge in [-0.3, -0.25) is 4.18 Å². The summed E-state index contributed by atoms with van der Waals surface area (Å²) in [5, 5.41) is 0.0980. The van der Waals surface area contributed by atoms with E-state index in [1.54, 1.807) is 0 Å². The van der Waals surface area contributed by atoms with Gasteiger partial charge in [0.05, 0.1) is 6.61 Å². The summed E-state index contributed by atoms with van der Waals surface area (Å²) in [6.07, 6.45) is 0. The third kappa shape index (κ3) is 3.37. The molecule has 0 spiro atoms. The first-order valence-corrected chi connectivity index (χ1v) is 5.21. The molecule has 1 aliphatic rings. The van der Waals surface area contributed by atoms with Gasteiger partial charge in [0.25, 0.3) is 0 Å². The van der Waals surface area contributed by atoms with Crippen molar-refractivity contribution in [2.24, 2.45) is 13.8 Å². The normalized spacial score (nSPS) is 22.8. The zero-order valence-corrected chi connectivity index (χ0v) is 8.79. The molecule has 0 aromatic heterocycles. The van der Waals surface area contributed by atoms with Crippen LogP contribution in [0, 0.1) is 0 Å². The lowest BCUT2D eigenvalue weighted by Gasteiger charge is -2.04. The van der Waals surface area contributed by atoms with Crippen LogP contribution < -0.4 is 0 Å². The van der Waals surface area contributed by atoms with E-state index >= 15 is 0 Å². The molecular formula is C4H4Cl3N3OS. The maximum absolute atomic E-state index is 5.50. The molecule has 4 nitrogen and oxygen atoms in total. The highest BCUT2D eigenvalue weighted by Gasteiger charge is 2.06. The zero-order chi connectivity index (χ0) is 8.97. The summed E-state index contributed by atoms with van der Waals surface area (Å²) in [6, 6.07) is 0. The fourth-order valence-corrected chi connectivity index (χ4v) is 1.87. The lowest BCUT2D eigenvalue weighted by Crippen LogP contribution is -2.05. The van der Waals surface area contributed by atoms with Gasteiger partial charge in [-0.15, -0.1) is 20.4 Å². The summed E-state index contributed by atoms with van der Waals surface area (Å²) >= 11 is 15.4. The molecule has 0 saturated carbocycles. The Morgan fingerprint density at radius 2 is 2.08 bits per heavy atom. The van der Waals surface area contributed by atoms with Gasteiger partial charge in [0.1, 0.15) is 0 Å². The minimum absolute atomic E-state index is 0.0490. The molecule has 12 heavy (non-hydrogen) atoms. The lowest BCUT2D eigenvalue weighted by atomic mass is 10.9. The van der Waals surface area contributed by atoms with Crippen LogP contribution in [0.2, 0.25) is 0 Å². The van der Waals surface area contributed by atoms with Crippen LogP contribution >= 0.6 is 34.8 Å². The minimum Gasteiger partial charge on any atom is -0.287 e. The molecule has 0 aromatic rings. The van der Waals surface area contributed by atoms with Gasteiger partial charge in [-0.25, -0.2) is 0 Å². The van der Waals surface area contributed by atoms with E-state index in [0.717, 1.165) is 0 Å². The predicted octanol–water partition coefficient (Wildman–Crippen LogP) is 2.08. The molecule has 0 aliphatic carbocycles. The van der Waals surface area contributed by atoms with Crippen molar-refractivity contribution in [3.63, 3.8) is 0 Å². The fourth-order valence-electron chi connectivity index (χ4n) is 0.425. The second-order valence-corrected chi connectivity index (χ2v) is 3.69. The smallest absolute Gasteiger partial charge is 0.235 e. The van der Waals surface area contributed by atoms with Crippen molar-refractivity contribution in [2.45, 2.75) is 0 Å². The van der Waals surface area contributed by atoms with Crippen molar-refractivity contribution < 1.29 is 4.18 Å². The van der Waals surface area contributed by atoms with Crippen LogP contribution in [-0.4, -0.2) is 23.1 Å². The Kier molecular flexibility index (Phi) is 4.45. The molecule has 1 heterocycles. The molecule has 1 rings (SSSR count). The first-order chi connectivity index (χ1) is 5.72. The van der Waals surface area contributed by atoms with Gasteiger partial charge in [0.15, 0.2) is 11.2 Å². The minimum atomic E-state index is -0.971. The molecule has 0 radical (unpaired) electrons. The summed E-state index contributed by atoms with van der Waals surface area (Å²) in [4.78, 5) is 3.57. The van der Waals surface area contributed by atoms with Crippen LogP contribution in [0.5, 0.6) is 0 Å². The number of nitrogens with zero attached hydrogens (tertiary/aromatic N) is 3. The number of aliphatic imine (C=N–C) groups is 1. The standard InChI is InChI=1S/C4H4Cl3N3OS/c5-1-2-11-12-9-3(6)8-4(7)10-12/h1-2H2. The first-order valence-electron chi connectivity index (χ1n) is 2.86. The van der Waals surface area contributed by atoms with Crippen LogP contribution in [0.4, 0.5) is 0 Å². The molecule has 1 aliphatic heterocycles. The summed E-state index contributed by atoms with van der Waals surface area (Å²) in [5.41, 5.74) is 0. The van der Waals surface area contributed by atoms with Crippen LogP contribution in [0.3, 0.4) is 0 Å². The molecule has 8 heteroatoms. The van der Waals surface area contributed by atoms with Crippen molar-refractivity contribution in [3.8, 4) is 0 Å². The Labute approximate surface area is 87.0 Å². The Bertz CT molecular complexity index is 262. The van der Waals surface area contributed by atoms with Gasteiger partial charge < -0.3 is 0 Å². The first kappa shape index (κ1) is 10.4. The van der Waals surface area contributed by atoms with E-state index in [9.17, 15) is 0 Å². The lowest BCUT2D eigenvalue weighted by molar-refractivity contribution is 0.396. The molecule has 0 aromatic carbocycles. The number of halogens is 3. The maximum atomic E-state index is 5.50. The maximum Gasteiger partial charge on any atom is 0.235 e. The quantitative estimate of drug-likeness (QED) is 0.557. The molecule has 0 N–H and O–H groups in total. The highest BCUT2D eigenvalue weighted by atomic mass is 35.5. The van der Waals surface area contributed by atoms with Crippen molar-refractivity contribution in [2.75, 3.05) is 12.5 Å². The van der Waals surface area contributed by atoms with Crippen molar-refractivity contribution in [1.29, 1.82) is 0 Å².